The Labute approximate surface area is 153 Å². The number of amides is 1. The van der Waals surface area contributed by atoms with Crippen molar-refractivity contribution in [3.8, 4) is 17.2 Å². The Kier molecular flexibility index (Phi) is 5.78. The van der Waals surface area contributed by atoms with Crippen LogP contribution in [0.3, 0.4) is 0 Å². The smallest absolute Gasteiger partial charge is 0.231 e. The van der Waals surface area contributed by atoms with Gasteiger partial charge >= 0.3 is 0 Å². The Morgan fingerprint density at radius 1 is 1.00 bits per heavy atom. The van der Waals surface area contributed by atoms with E-state index in [1.165, 1.54) is 22.9 Å². The number of nitriles is 1. The second-order valence-corrected chi connectivity index (χ2v) is 7.53. The zero-order valence-corrected chi connectivity index (χ0v) is 15.0. The summed E-state index contributed by atoms with van der Waals surface area (Å²) in [5.41, 5.74) is 1.71. The summed E-state index contributed by atoms with van der Waals surface area (Å²) < 4.78 is 0. The average molecular weight is 350 g/mol. The summed E-state index contributed by atoms with van der Waals surface area (Å²) in [6.45, 7) is 0. The summed E-state index contributed by atoms with van der Waals surface area (Å²) in [5.74, 6) is 0.286. The van der Waals surface area contributed by atoms with Crippen LogP contribution in [0.25, 0.3) is 11.1 Å². The van der Waals surface area contributed by atoms with Crippen LogP contribution >= 0.6 is 11.8 Å². The number of carbonyl (C=O) groups excluding carboxylic acids is 1. The van der Waals surface area contributed by atoms with E-state index in [-0.39, 0.29) is 5.91 Å². The van der Waals surface area contributed by atoms with Crippen LogP contribution in [0.15, 0.2) is 59.5 Å². The molecule has 0 heterocycles. The minimum absolute atomic E-state index is 0.0550. The van der Waals surface area contributed by atoms with Crippen LogP contribution in [-0.2, 0) is 4.79 Å². The van der Waals surface area contributed by atoms with Gasteiger partial charge < -0.3 is 5.32 Å². The number of hydrogen-bond acceptors (Lipinski definition) is 3. The van der Waals surface area contributed by atoms with Gasteiger partial charge in [0.2, 0.25) is 5.91 Å². The minimum atomic E-state index is -0.646. The third-order valence-corrected chi connectivity index (χ3v) is 5.64. The lowest BCUT2D eigenvalue weighted by Gasteiger charge is -2.31. The minimum Gasteiger partial charge on any atom is -0.337 e. The van der Waals surface area contributed by atoms with Gasteiger partial charge in [-0.3, -0.25) is 4.79 Å². The molecule has 4 heteroatoms. The van der Waals surface area contributed by atoms with Crippen LogP contribution in [0.4, 0.5) is 0 Å². The number of thioether (sulfide) groups is 1. The Hall–Kier alpha value is -2.25. The van der Waals surface area contributed by atoms with Crippen LogP contribution < -0.4 is 5.32 Å². The molecule has 1 fully saturated rings. The molecular formula is C21H22N2OS. The van der Waals surface area contributed by atoms with Gasteiger partial charge in [-0.2, -0.15) is 5.26 Å². The molecule has 3 rings (SSSR count). The SMILES string of the molecule is N#CC1(NC(=O)CSc2ccc(-c3ccccc3)cc2)CCCCC1. The predicted octanol–water partition coefficient (Wildman–Crippen LogP) is 4.79. The highest BCUT2D eigenvalue weighted by atomic mass is 32.2. The standard InChI is InChI=1S/C21H22N2OS/c22-16-21(13-5-2-6-14-21)23-20(24)15-25-19-11-9-18(10-12-19)17-7-3-1-4-8-17/h1,3-4,7-12H,2,5-6,13-15H2,(H,23,24). The molecule has 128 valence electrons. The summed E-state index contributed by atoms with van der Waals surface area (Å²) in [5, 5.41) is 12.4. The molecule has 3 nitrogen and oxygen atoms in total. The monoisotopic (exact) mass is 350 g/mol. The highest BCUT2D eigenvalue weighted by Gasteiger charge is 2.33. The van der Waals surface area contributed by atoms with Crippen LogP contribution in [0.1, 0.15) is 32.1 Å². The van der Waals surface area contributed by atoms with E-state index in [0.717, 1.165) is 37.0 Å². The molecule has 0 saturated heterocycles. The maximum atomic E-state index is 12.3. The summed E-state index contributed by atoms with van der Waals surface area (Å²) in [6, 6.07) is 20.8. The fourth-order valence-electron chi connectivity index (χ4n) is 3.25. The van der Waals surface area contributed by atoms with Crippen molar-refractivity contribution >= 4 is 17.7 Å². The first-order chi connectivity index (χ1) is 12.2. The number of nitrogens with zero attached hydrogens (tertiary/aromatic N) is 1. The normalized spacial score (nSPS) is 16.0. The molecule has 0 unspecified atom stereocenters. The first-order valence-corrected chi connectivity index (χ1v) is 9.70. The molecule has 1 amide bonds. The van der Waals surface area contributed by atoms with Crippen LogP contribution in [0, 0.1) is 11.3 Å². The topological polar surface area (TPSA) is 52.9 Å². The largest absolute Gasteiger partial charge is 0.337 e. The summed E-state index contributed by atoms with van der Waals surface area (Å²) in [4.78, 5) is 13.3. The van der Waals surface area contributed by atoms with E-state index in [2.05, 4.69) is 35.7 Å². The van der Waals surface area contributed by atoms with Crippen LogP contribution in [0.5, 0.6) is 0 Å². The van der Waals surface area contributed by atoms with Gasteiger partial charge in [-0.1, -0.05) is 61.7 Å². The lowest BCUT2D eigenvalue weighted by molar-refractivity contribution is -0.120. The van der Waals surface area contributed by atoms with Gasteiger partial charge in [-0.05, 0) is 36.1 Å². The molecule has 0 radical (unpaired) electrons. The Morgan fingerprint density at radius 2 is 1.64 bits per heavy atom. The Bertz CT molecular complexity index is 744. The molecule has 1 aliphatic carbocycles. The third kappa shape index (κ3) is 4.64. The van der Waals surface area contributed by atoms with E-state index < -0.39 is 5.54 Å². The molecule has 2 aromatic rings. The second-order valence-electron chi connectivity index (χ2n) is 6.48. The van der Waals surface area contributed by atoms with Crippen molar-refractivity contribution in [2.75, 3.05) is 5.75 Å². The molecule has 2 aromatic carbocycles. The van der Waals surface area contributed by atoms with E-state index in [1.807, 2.05) is 30.3 Å². The lowest BCUT2D eigenvalue weighted by Crippen LogP contribution is -2.49. The zero-order chi connectivity index (χ0) is 17.5. The molecule has 0 spiro atoms. The van der Waals surface area contributed by atoms with Gasteiger partial charge in [0.1, 0.15) is 5.54 Å². The van der Waals surface area contributed by atoms with Crippen molar-refractivity contribution < 1.29 is 4.79 Å². The van der Waals surface area contributed by atoms with Gasteiger partial charge in [-0.15, -0.1) is 11.8 Å². The summed E-state index contributed by atoms with van der Waals surface area (Å²) in [6.07, 6.45) is 4.73. The molecule has 0 bridgehead atoms. The highest BCUT2D eigenvalue weighted by Crippen LogP contribution is 2.28. The lowest BCUT2D eigenvalue weighted by atomic mass is 9.83. The third-order valence-electron chi connectivity index (χ3n) is 4.63. The molecule has 1 N–H and O–H groups in total. The maximum absolute atomic E-state index is 12.3. The van der Waals surface area contributed by atoms with Crippen molar-refractivity contribution in [2.45, 2.75) is 42.5 Å². The van der Waals surface area contributed by atoms with E-state index in [4.69, 9.17) is 0 Å². The van der Waals surface area contributed by atoms with Gasteiger partial charge in [-0.25, -0.2) is 0 Å². The van der Waals surface area contributed by atoms with Gasteiger partial charge in [0.15, 0.2) is 0 Å². The van der Waals surface area contributed by atoms with Crippen LogP contribution in [-0.4, -0.2) is 17.2 Å². The van der Waals surface area contributed by atoms with Crippen LogP contribution in [0.2, 0.25) is 0 Å². The average Bonchev–Trinajstić information content (AvgIpc) is 2.68. The second kappa shape index (κ2) is 8.22. The van der Waals surface area contributed by atoms with Crippen molar-refractivity contribution in [3.63, 3.8) is 0 Å². The fourth-order valence-corrected chi connectivity index (χ4v) is 3.94. The van der Waals surface area contributed by atoms with E-state index in [0.29, 0.717) is 5.75 Å². The highest BCUT2D eigenvalue weighted by molar-refractivity contribution is 8.00. The van der Waals surface area contributed by atoms with Gasteiger partial charge in [0, 0.05) is 4.90 Å². The maximum Gasteiger partial charge on any atom is 0.231 e. The number of benzene rings is 2. The molecule has 25 heavy (non-hydrogen) atoms. The van der Waals surface area contributed by atoms with E-state index in [9.17, 15) is 10.1 Å². The predicted molar refractivity (Wildman–Crippen MR) is 102 cm³/mol. The molecule has 0 aliphatic heterocycles. The zero-order valence-electron chi connectivity index (χ0n) is 14.2. The number of nitrogens with one attached hydrogen (secondary N) is 1. The van der Waals surface area contributed by atoms with Crippen molar-refractivity contribution in [1.82, 2.24) is 5.32 Å². The van der Waals surface area contributed by atoms with Crippen molar-refractivity contribution in [1.29, 1.82) is 5.26 Å². The van der Waals surface area contributed by atoms with Gasteiger partial charge in [0.05, 0.1) is 11.8 Å². The van der Waals surface area contributed by atoms with E-state index in [1.54, 1.807) is 0 Å². The first-order valence-electron chi connectivity index (χ1n) is 8.71. The van der Waals surface area contributed by atoms with Crippen molar-refractivity contribution in [2.24, 2.45) is 0 Å². The fraction of sp³-hybridized carbons (Fsp3) is 0.333. The summed E-state index contributed by atoms with van der Waals surface area (Å²) in [7, 11) is 0. The number of carbonyl (C=O) groups is 1. The summed E-state index contributed by atoms with van der Waals surface area (Å²) >= 11 is 1.51. The molecule has 0 atom stereocenters. The molecule has 1 aliphatic rings. The number of rotatable bonds is 5. The molecule has 1 saturated carbocycles. The molecular weight excluding hydrogens is 328 g/mol. The quantitative estimate of drug-likeness (QED) is 0.789. The molecule has 0 aromatic heterocycles. The van der Waals surface area contributed by atoms with E-state index >= 15 is 0 Å². The number of hydrogen-bond donors (Lipinski definition) is 1. The first kappa shape index (κ1) is 17.6. The Balaban J connectivity index is 1.55. The van der Waals surface area contributed by atoms with Crippen molar-refractivity contribution in [3.05, 3.63) is 54.6 Å². The Morgan fingerprint density at radius 3 is 2.28 bits per heavy atom. The van der Waals surface area contributed by atoms with Gasteiger partial charge in [0.25, 0.3) is 0 Å².